The Morgan fingerprint density at radius 1 is 0.471 bits per heavy atom. The van der Waals surface area contributed by atoms with E-state index in [-0.39, 0.29) is 0 Å². The third-order valence-electron chi connectivity index (χ3n) is 5.50. The fourth-order valence-corrected chi connectivity index (χ4v) is 16.2. The van der Waals surface area contributed by atoms with Crippen LogP contribution in [0.2, 0.25) is 13.1 Å². The quantitative estimate of drug-likeness (QED) is 0.0411. The molecule has 0 saturated carbocycles. The highest BCUT2D eigenvalue weighted by atomic mass is 33.7. The van der Waals surface area contributed by atoms with Crippen molar-refractivity contribution in [2.24, 2.45) is 0 Å². The van der Waals surface area contributed by atoms with Gasteiger partial charge in [-0.1, -0.05) is 92.2 Å². The lowest BCUT2D eigenvalue weighted by atomic mass is 10.3. The first-order chi connectivity index (χ1) is 16.6. The first kappa shape index (κ1) is 35.7. The minimum absolute atomic E-state index is 0.435. The predicted molar refractivity (Wildman–Crippen MR) is 167 cm³/mol. The summed E-state index contributed by atoms with van der Waals surface area (Å²) in [6, 6.07) is 0. The van der Waals surface area contributed by atoms with Gasteiger partial charge in [0.25, 0.3) is 0 Å². The Morgan fingerprint density at radius 2 is 0.735 bits per heavy atom. The maximum atomic E-state index is 6.41. The molecule has 34 heavy (non-hydrogen) atoms. The highest BCUT2D eigenvalue weighted by Crippen LogP contribution is 2.53. The van der Waals surface area contributed by atoms with E-state index in [1.165, 1.54) is 51.4 Å². The molecule has 0 aliphatic rings. The molecule has 0 amide bonds. The maximum Gasteiger partial charge on any atom is 0.200 e. The van der Waals surface area contributed by atoms with Crippen molar-refractivity contribution in [2.45, 2.75) is 127 Å². The second-order valence-electron chi connectivity index (χ2n) is 8.60. The second-order valence-corrected chi connectivity index (χ2v) is 19.0. The van der Waals surface area contributed by atoms with E-state index >= 15 is 0 Å². The third-order valence-corrected chi connectivity index (χ3v) is 18.4. The van der Waals surface area contributed by atoms with Crippen LogP contribution in [0, 0.1) is 0 Å². The standard InChI is InChI=1S/C24H54O4S4Si2/c1-7-11-15-19-25-23(33-5,26-20-16-12-8-2)29-31-32-30-24(34-6,27-21-17-13-9-3)28-22-18-14-10-4/h7-22,33-34H2,1-6H3. The smallest absolute Gasteiger partial charge is 0.200 e. The van der Waals surface area contributed by atoms with Gasteiger partial charge in [-0.3, -0.25) is 0 Å². The van der Waals surface area contributed by atoms with Crippen LogP contribution in [0.15, 0.2) is 0 Å². The highest BCUT2D eigenvalue weighted by molar-refractivity contribution is 9.26. The van der Waals surface area contributed by atoms with Crippen LogP contribution < -0.4 is 0 Å². The topological polar surface area (TPSA) is 36.9 Å². The van der Waals surface area contributed by atoms with Gasteiger partial charge in [0.05, 0.1) is 26.4 Å². The van der Waals surface area contributed by atoms with Crippen LogP contribution in [-0.2, 0) is 18.9 Å². The van der Waals surface area contributed by atoms with Crippen molar-refractivity contribution < 1.29 is 18.9 Å². The lowest BCUT2D eigenvalue weighted by molar-refractivity contribution is -0.118. The molecule has 0 aliphatic carbocycles. The van der Waals surface area contributed by atoms with Gasteiger partial charge in [-0.25, -0.2) is 0 Å². The Hall–Kier alpha value is 1.67. The summed E-state index contributed by atoms with van der Waals surface area (Å²) in [5.41, 5.74) is 0. The van der Waals surface area contributed by atoms with E-state index in [0.717, 1.165) is 52.1 Å². The fourth-order valence-electron chi connectivity index (χ4n) is 3.16. The van der Waals surface area contributed by atoms with Gasteiger partial charge < -0.3 is 18.9 Å². The number of unbranched alkanes of at least 4 members (excludes halogenated alkanes) is 8. The number of ether oxygens (including phenoxy) is 4. The molecule has 0 rings (SSSR count). The van der Waals surface area contributed by atoms with Gasteiger partial charge in [0.2, 0.25) is 9.48 Å². The van der Waals surface area contributed by atoms with E-state index in [1.54, 1.807) is 41.2 Å². The Bertz CT molecular complexity index is 378. The van der Waals surface area contributed by atoms with Crippen molar-refractivity contribution in [1.82, 2.24) is 0 Å². The summed E-state index contributed by atoms with van der Waals surface area (Å²) in [5, 5.41) is 0. The molecule has 0 spiro atoms. The van der Waals surface area contributed by atoms with Crippen molar-refractivity contribution in [3.63, 3.8) is 0 Å². The van der Waals surface area contributed by atoms with Crippen LogP contribution in [0.5, 0.6) is 0 Å². The van der Waals surface area contributed by atoms with E-state index in [9.17, 15) is 0 Å². The molecule has 10 heteroatoms. The summed E-state index contributed by atoms with van der Waals surface area (Å²) >= 11 is 0. The Balaban J connectivity index is 4.90. The average molecular weight is 591 g/mol. The fraction of sp³-hybridized carbons (Fsp3) is 1.00. The van der Waals surface area contributed by atoms with Gasteiger partial charge in [0.15, 0.2) is 0 Å². The molecule has 0 radical (unpaired) electrons. The Kier molecular flexibility index (Phi) is 26.2. The first-order valence-electron chi connectivity index (χ1n) is 13.8. The minimum Gasteiger partial charge on any atom is -0.345 e. The molecule has 0 aromatic carbocycles. The van der Waals surface area contributed by atoms with Crippen molar-refractivity contribution >= 4 is 60.3 Å². The Labute approximate surface area is 231 Å². The molecule has 206 valence electrons. The van der Waals surface area contributed by atoms with Crippen LogP contribution in [-0.4, -0.2) is 55.0 Å². The van der Waals surface area contributed by atoms with Gasteiger partial charge in [-0.05, 0) is 66.9 Å². The van der Waals surface area contributed by atoms with Crippen LogP contribution in [0.25, 0.3) is 0 Å². The predicted octanol–water partition coefficient (Wildman–Crippen LogP) is 8.15. The Morgan fingerprint density at radius 3 is 0.941 bits per heavy atom. The monoisotopic (exact) mass is 590 g/mol. The molecule has 4 nitrogen and oxygen atoms in total. The molecule has 0 heterocycles. The van der Waals surface area contributed by atoms with Gasteiger partial charge in [-0.2, -0.15) is 0 Å². The van der Waals surface area contributed by atoms with Crippen LogP contribution >= 0.6 is 41.2 Å². The largest absolute Gasteiger partial charge is 0.345 e. The zero-order valence-corrected chi connectivity index (χ0v) is 29.1. The van der Waals surface area contributed by atoms with Crippen molar-refractivity contribution in [3.8, 4) is 0 Å². The highest BCUT2D eigenvalue weighted by Gasteiger charge is 2.35. The van der Waals surface area contributed by atoms with Gasteiger partial charge in [0, 0.05) is 0 Å². The molecule has 0 aromatic heterocycles. The molecule has 0 fully saturated rings. The van der Waals surface area contributed by atoms with Crippen molar-refractivity contribution in [2.75, 3.05) is 26.4 Å². The van der Waals surface area contributed by atoms with E-state index in [1.807, 2.05) is 0 Å². The second kappa shape index (κ2) is 25.0. The van der Waals surface area contributed by atoms with Crippen LogP contribution in [0.3, 0.4) is 0 Å². The maximum absolute atomic E-state index is 6.41. The molecule has 0 atom stereocenters. The zero-order chi connectivity index (χ0) is 25.4. The zero-order valence-electron chi connectivity index (χ0n) is 23.0. The summed E-state index contributed by atoms with van der Waals surface area (Å²) in [5.74, 6) is 0. The van der Waals surface area contributed by atoms with Gasteiger partial charge >= 0.3 is 0 Å². The molecular weight excluding hydrogens is 537 g/mol. The minimum atomic E-state index is -0.532. The average Bonchev–Trinajstić information content (AvgIpc) is 2.86. The summed E-state index contributed by atoms with van der Waals surface area (Å²) in [4.78, 5) is 0. The molecule has 0 saturated heterocycles. The van der Waals surface area contributed by atoms with E-state index in [4.69, 9.17) is 18.9 Å². The molecule has 0 aliphatic heterocycles. The molecule has 0 bridgehead atoms. The molecular formula is C24H54O4S4Si2. The number of hydrogen-bond donors (Lipinski definition) is 0. The van der Waals surface area contributed by atoms with Gasteiger partial charge in [-0.15, -0.1) is 0 Å². The summed E-state index contributed by atoms with van der Waals surface area (Å²) < 4.78 is 24.8. The lowest BCUT2D eigenvalue weighted by Gasteiger charge is -2.33. The molecule has 0 unspecified atom stereocenters. The van der Waals surface area contributed by atoms with Crippen LogP contribution in [0.1, 0.15) is 105 Å². The third kappa shape index (κ3) is 18.0. The number of hydrogen-bond acceptors (Lipinski definition) is 8. The number of rotatable bonds is 27. The van der Waals surface area contributed by atoms with E-state index in [2.05, 4.69) is 40.8 Å². The summed E-state index contributed by atoms with van der Waals surface area (Å²) in [6.45, 7) is 16.7. The summed E-state index contributed by atoms with van der Waals surface area (Å²) in [7, 11) is 6.07. The van der Waals surface area contributed by atoms with Crippen LogP contribution in [0.4, 0.5) is 0 Å². The molecule has 0 N–H and O–H groups in total. The van der Waals surface area contributed by atoms with Crippen molar-refractivity contribution in [1.29, 1.82) is 0 Å². The van der Waals surface area contributed by atoms with E-state index in [0.29, 0.717) is 0 Å². The lowest BCUT2D eigenvalue weighted by Crippen LogP contribution is -2.38. The van der Waals surface area contributed by atoms with Crippen molar-refractivity contribution in [3.05, 3.63) is 0 Å². The normalized spacial score (nSPS) is 13.2. The van der Waals surface area contributed by atoms with E-state index < -0.39 is 28.5 Å². The molecule has 0 aromatic rings. The first-order valence-corrected chi connectivity index (χ1v) is 22.9. The summed E-state index contributed by atoms with van der Waals surface area (Å²) in [6.07, 6.45) is 14.2. The SMILES string of the molecule is CCCCCOC(OCCCCC)([SiH2]C)SSSSC(OCCCCC)(OCCCCC)[SiH2]C. The van der Waals surface area contributed by atoms with Gasteiger partial charge in [0.1, 0.15) is 19.0 Å².